The van der Waals surface area contributed by atoms with Crippen molar-refractivity contribution in [3.05, 3.63) is 63.3 Å². The van der Waals surface area contributed by atoms with Crippen LogP contribution in [0, 0.1) is 20.8 Å². The lowest BCUT2D eigenvalue weighted by Crippen LogP contribution is -2.31. The van der Waals surface area contributed by atoms with Crippen molar-refractivity contribution in [2.45, 2.75) is 27.3 Å². The zero-order valence-electron chi connectivity index (χ0n) is 12.5. The fourth-order valence-corrected chi connectivity index (χ4v) is 2.14. The Morgan fingerprint density at radius 1 is 1.24 bits per heavy atom. The molecule has 0 radical (unpaired) electrons. The van der Waals surface area contributed by atoms with E-state index in [2.05, 4.69) is 10.3 Å². The van der Waals surface area contributed by atoms with E-state index in [9.17, 15) is 9.59 Å². The monoisotopic (exact) mass is 285 g/mol. The first-order valence-corrected chi connectivity index (χ1v) is 6.86. The van der Waals surface area contributed by atoms with Gasteiger partial charge in [-0.2, -0.15) is 0 Å². The lowest BCUT2D eigenvalue weighted by atomic mass is 10.1. The molecule has 1 amide bonds. The molecule has 110 valence electrons. The molecular weight excluding hydrogens is 266 g/mol. The second kappa shape index (κ2) is 6.35. The Morgan fingerprint density at radius 2 is 2.00 bits per heavy atom. The maximum atomic E-state index is 12.1. The number of aryl methyl sites for hydroxylation is 3. The van der Waals surface area contributed by atoms with Crippen LogP contribution in [0.2, 0.25) is 0 Å². The lowest BCUT2D eigenvalue weighted by molar-refractivity contribution is 0.0951. The molecule has 0 aliphatic heterocycles. The Hall–Kier alpha value is -2.43. The Bertz CT molecular complexity index is 720. The van der Waals surface area contributed by atoms with Gasteiger partial charge in [0.1, 0.15) is 0 Å². The number of amides is 1. The number of nitrogens with zero attached hydrogens (tertiary/aromatic N) is 2. The second-order valence-corrected chi connectivity index (χ2v) is 5.14. The number of rotatable bonds is 4. The zero-order chi connectivity index (χ0) is 15.4. The number of carbonyl (C=O) groups excluding carboxylic acids is 1. The molecule has 0 spiro atoms. The molecule has 2 rings (SSSR count). The van der Waals surface area contributed by atoms with E-state index < -0.39 is 0 Å². The standard InChI is InChI=1S/C16H19N3O2/c1-11-4-5-14(12(2)8-11)16(21)17-6-7-19-10-18-13(3)9-15(19)20/h4-5,8-10H,6-7H2,1-3H3,(H,17,21). The van der Waals surface area contributed by atoms with E-state index in [0.29, 0.717) is 24.3 Å². The molecule has 0 saturated carbocycles. The molecule has 0 aliphatic carbocycles. The number of nitrogens with one attached hydrogen (secondary N) is 1. The SMILES string of the molecule is Cc1ccc(C(=O)NCCn2cnc(C)cc2=O)c(C)c1. The number of hydrogen-bond acceptors (Lipinski definition) is 3. The van der Waals surface area contributed by atoms with Gasteiger partial charge in [-0.3, -0.25) is 14.2 Å². The number of carbonyl (C=O) groups is 1. The van der Waals surface area contributed by atoms with Crippen molar-refractivity contribution in [1.29, 1.82) is 0 Å². The summed E-state index contributed by atoms with van der Waals surface area (Å²) in [6.45, 7) is 6.47. The van der Waals surface area contributed by atoms with E-state index in [4.69, 9.17) is 0 Å². The van der Waals surface area contributed by atoms with Crippen molar-refractivity contribution in [1.82, 2.24) is 14.9 Å². The molecule has 0 aliphatic rings. The summed E-state index contributed by atoms with van der Waals surface area (Å²) in [5.74, 6) is -0.124. The summed E-state index contributed by atoms with van der Waals surface area (Å²) in [5.41, 5.74) is 3.32. The topological polar surface area (TPSA) is 64.0 Å². The van der Waals surface area contributed by atoms with Gasteiger partial charge in [0, 0.05) is 30.4 Å². The summed E-state index contributed by atoms with van der Waals surface area (Å²) in [7, 11) is 0. The molecule has 0 unspecified atom stereocenters. The summed E-state index contributed by atoms with van der Waals surface area (Å²) in [4.78, 5) is 27.8. The quantitative estimate of drug-likeness (QED) is 0.928. The summed E-state index contributed by atoms with van der Waals surface area (Å²) in [5, 5.41) is 2.82. The highest BCUT2D eigenvalue weighted by atomic mass is 16.1. The number of aromatic nitrogens is 2. The second-order valence-electron chi connectivity index (χ2n) is 5.14. The van der Waals surface area contributed by atoms with Gasteiger partial charge in [-0.15, -0.1) is 0 Å². The minimum Gasteiger partial charge on any atom is -0.350 e. The molecule has 5 heteroatoms. The third-order valence-corrected chi connectivity index (χ3v) is 3.28. The molecule has 2 aromatic rings. The number of benzene rings is 1. The summed E-state index contributed by atoms with van der Waals surface area (Å²) in [6, 6.07) is 7.19. The van der Waals surface area contributed by atoms with Crippen LogP contribution in [0.1, 0.15) is 27.2 Å². The van der Waals surface area contributed by atoms with Crippen LogP contribution in [0.3, 0.4) is 0 Å². The van der Waals surface area contributed by atoms with Gasteiger partial charge in [-0.25, -0.2) is 4.98 Å². The van der Waals surface area contributed by atoms with Crippen LogP contribution in [0.15, 0.2) is 35.4 Å². The van der Waals surface area contributed by atoms with Crippen LogP contribution in [0.4, 0.5) is 0 Å². The highest BCUT2D eigenvalue weighted by molar-refractivity contribution is 5.95. The van der Waals surface area contributed by atoms with Crippen molar-refractivity contribution >= 4 is 5.91 Å². The highest BCUT2D eigenvalue weighted by Crippen LogP contribution is 2.10. The molecule has 5 nitrogen and oxygen atoms in total. The van der Waals surface area contributed by atoms with E-state index in [1.165, 1.54) is 17.0 Å². The van der Waals surface area contributed by atoms with Crippen LogP contribution in [0.25, 0.3) is 0 Å². The predicted molar refractivity (Wildman–Crippen MR) is 81.5 cm³/mol. The minimum atomic E-state index is -0.124. The average molecular weight is 285 g/mol. The van der Waals surface area contributed by atoms with Crippen molar-refractivity contribution in [2.24, 2.45) is 0 Å². The van der Waals surface area contributed by atoms with E-state index >= 15 is 0 Å². The molecule has 1 aromatic carbocycles. The van der Waals surface area contributed by atoms with E-state index in [-0.39, 0.29) is 11.5 Å². The predicted octanol–water partition coefficient (Wildman–Crippen LogP) is 1.60. The van der Waals surface area contributed by atoms with Gasteiger partial charge in [0.2, 0.25) is 0 Å². The smallest absolute Gasteiger partial charge is 0.253 e. The Labute approximate surface area is 123 Å². The van der Waals surface area contributed by atoms with Gasteiger partial charge >= 0.3 is 0 Å². The molecule has 1 N–H and O–H groups in total. The van der Waals surface area contributed by atoms with Crippen molar-refractivity contribution in [2.75, 3.05) is 6.54 Å². The van der Waals surface area contributed by atoms with Crippen molar-refractivity contribution in [3.63, 3.8) is 0 Å². The molecule has 0 saturated heterocycles. The van der Waals surface area contributed by atoms with Crippen LogP contribution < -0.4 is 10.9 Å². The van der Waals surface area contributed by atoms with E-state index in [1.807, 2.05) is 32.0 Å². The zero-order valence-corrected chi connectivity index (χ0v) is 12.5. The fraction of sp³-hybridized carbons (Fsp3) is 0.312. The molecule has 0 fully saturated rings. The van der Waals surface area contributed by atoms with Crippen LogP contribution in [0.5, 0.6) is 0 Å². The average Bonchev–Trinajstić information content (AvgIpc) is 2.41. The van der Waals surface area contributed by atoms with E-state index in [0.717, 1.165) is 11.1 Å². The molecule has 0 atom stereocenters. The van der Waals surface area contributed by atoms with Gasteiger partial charge in [-0.1, -0.05) is 17.7 Å². The Balaban J connectivity index is 1.97. The van der Waals surface area contributed by atoms with E-state index in [1.54, 1.807) is 6.92 Å². The molecule has 1 aromatic heterocycles. The van der Waals surface area contributed by atoms with Crippen molar-refractivity contribution in [3.8, 4) is 0 Å². The normalized spacial score (nSPS) is 10.4. The third-order valence-electron chi connectivity index (χ3n) is 3.28. The lowest BCUT2D eigenvalue weighted by Gasteiger charge is -2.09. The summed E-state index contributed by atoms with van der Waals surface area (Å²) < 4.78 is 1.48. The minimum absolute atomic E-state index is 0.108. The number of hydrogen-bond donors (Lipinski definition) is 1. The van der Waals surface area contributed by atoms with Gasteiger partial charge < -0.3 is 5.32 Å². The third kappa shape index (κ3) is 3.78. The van der Waals surface area contributed by atoms with Gasteiger partial charge in [0.05, 0.1) is 6.33 Å². The van der Waals surface area contributed by atoms with Crippen LogP contribution >= 0.6 is 0 Å². The highest BCUT2D eigenvalue weighted by Gasteiger charge is 2.08. The summed E-state index contributed by atoms with van der Waals surface area (Å²) >= 11 is 0. The molecule has 21 heavy (non-hydrogen) atoms. The van der Waals surface area contributed by atoms with Gasteiger partial charge in [0.25, 0.3) is 11.5 Å². The molecule has 1 heterocycles. The molecule has 0 bridgehead atoms. The van der Waals surface area contributed by atoms with Crippen molar-refractivity contribution < 1.29 is 4.79 Å². The fourth-order valence-electron chi connectivity index (χ4n) is 2.14. The van der Waals surface area contributed by atoms with Crippen LogP contribution in [-0.4, -0.2) is 22.0 Å². The first-order chi connectivity index (χ1) is 9.97. The van der Waals surface area contributed by atoms with Gasteiger partial charge in [-0.05, 0) is 32.4 Å². The Kier molecular flexibility index (Phi) is 4.52. The largest absolute Gasteiger partial charge is 0.350 e. The van der Waals surface area contributed by atoms with Crippen LogP contribution in [-0.2, 0) is 6.54 Å². The maximum absolute atomic E-state index is 12.1. The molecular formula is C16H19N3O2. The first kappa shape index (κ1) is 15.0. The Morgan fingerprint density at radius 3 is 2.67 bits per heavy atom. The van der Waals surface area contributed by atoms with Gasteiger partial charge in [0.15, 0.2) is 0 Å². The summed E-state index contributed by atoms with van der Waals surface area (Å²) in [6.07, 6.45) is 1.50. The first-order valence-electron chi connectivity index (χ1n) is 6.86. The maximum Gasteiger partial charge on any atom is 0.253 e.